The lowest BCUT2D eigenvalue weighted by atomic mass is 9.89. The van der Waals surface area contributed by atoms with Gasteiger partial charge in [-0.2, -0.15) is 19.0 Å². The van der Waals surface area contributed by atoms with Gasteiger partial charge < -0.3 is 14.8 Å². The smallest absolute Gasteiger partial charge is 0.388 e. The molecular formula is C14H15F2N7O2. The first-order valence-corrected chi connectivity index (χ1v) is 7.54. The van der Waals surface area contributed by atoms with Gasteiger partial charge in [-0.25, -0.2) is 19.7 Å². The molecule has 0 spiro atoms. The van der Waals surface area contributed by atoms with Gasteiger partial charge in [0.05, 0.1) is 32.2 Å². The Labute approximate surface area is 140 Å². The van der Waals surface area contributed by atoms with Crippen LogP contribution in [0.15, 0.2) is 18.5 Å². The third-order valence-corrected chi connectivity index (χ3v) is 3.80. The van der Waals surface area contributed by atoms with Crippen LogP contribution in [0.25, 0.3) is 11.2 Å². The summed E-state index contributed by atoms with van der Waals surface area (Å²) in [4.78, 5) is 8.78. The van der Waals surface area contributed by atoms with Gasteiger partial charge in [0, 0.05) is 11.5 Å². The van der Waals surface area contributed by atoms with E-state index < -0.39 is 6.61 Å². The molecule has 1 saturated heterocycles. The van der Waals surface area contributed by atoms with Crippen molar-refractivity contribution in [2.75, 3.05) is 18.5 Å². The van der Waals surface area contributed by atoms with Crippen molar-refractivity contribution in [3.63, 3.8) is 0 Å². The average Bonchev–Trinajstić information content (AvgIpc) is 3.12. The van der Waals surface area contributed by atoms with Crippen LogP contribution in [0.3, 0.4) is 0 Å². The van der Waals surface area contributed by atoms with E-state index in [4.69, 9.17) is 4.74 Å². The highest BCUT2D eigenvalue weighted by Crippen LogP contribution is 2.29. The second-order valence-corrected chi connectivity index (χ2v) is 6.19. The molecular weight excluding hydrogens is 336 g/mol. The lowest BCUT2D eigenvalue weighted by molar-refractivity contribution is -0.111. The van der Waals surface area contributed by atoms with E-state index in [2.05, 4.69) is 42.2 Å². The van der Waals surface area contributed by atoms with Gasteiger partial charge in [0.25, 0.3) is 0 Å². The quantitative estimate of drug-likeness (QED) is 0.699. The molecule has 0 unspecified atom stereocenters. The van der Waals surface area contributed by atoms with Gasteiger partial charge in [-0.05, 0) is 0 Å². The van der Waals surface area contributed by atoms with Gasteiger partial charge in [-0.15, -0.1) is 0 Å². The van der Waals surface area contributed by atoms with E-state index in [0.717, 1.165) is 0 Å². The number of hydrogen-bond acceptors (Lipinski definition) is 7. The van der Waals surface area contributed by atoms with Gasteiger partial charge in [0.15, 0.2) is 17.3 Å². The minimum atomic E-state index is -2.92. The molecule has 0 radical (unpaired) electrons. The summed E-state index contributed by atoms with van der Waals surface area (Å²) in [7, 11) is 0. The van der Waals surface area contributed by atoms with Gasteiger partial charge in [0.2, 0.25) is 5.88 Å². The van der Waals surface area contributed by atoms with Gasteiger partial charge in [0.1, 0.15) is 5.52 Å². The van der Waals surface area contributed by atoms with E-state index in [-0.39, 0.29) is 17.1 Å². The Morgan fingerprint density at radius 2 is 2.24 bits per heavy atom. The van der Waals surface area contributed by atoms with Crippen molar-refractivity contribution in [3.05, 3.63) is 18.5 Å². The lowest BCUT2D eigenvalue weighted by Crippen LogP contribution is -2.43. The molecule has 2 N–H and O–H groups in total. The zero-order valence-electron chi connectivity index (χ0n) is 13.2. The predicted octanol–water partition coefficient (Wildman–Crippen LogP) is 1.93. The van der Waals surface area contributed by atoms with Crippen LogP contribution in [0.5, 0.6) is 5.88 Å². The summed E-state index contributed by atoms with van der Waals surface area (Å²) < 4.78 is 35.6. The predicted molar refractivity (Wildman–Crippen MR) is 82.8 cm³/mol. The van der Waals surface area contributed by atoms with Crippen LogP contribution < -0.4 is 10.1 Å². The zero-order valence-corrected chi connectivity index (χ0v) is 13.2. The maximum atomic E-state index is 12.2. The Morgan fingerprint density at radius 1 is 1.40 bits per heavy atom. The molecule has 3 aromatic rings. The molecule has 0 aliphatic carbocycles. The molecule has 0 atom stereocenters. The van der Waals surface area contributed by atoms with Gasteiger partial charge in [-0.1, -0.05) is 6.92 Å². The summed E-state index contributed by atoms with van der Waals surface area (Å²) in [5.41, 5.74) is 1.32. The number of aromatic nitrogens is 6. The number of fused-ring (bicyclic) bond motifs is 1. The second kappa shape index (κ2) is 5.92. The molecule has 4 heterocycles. The highest BCUT2D eigenvalue weighted by Gasteiger charge is 2.34. The SMILES string of the molecule is CC1(Cn2ncc3ncc(Nc4cc(OC(F)F)[nH]n4)nc32)COC1. The van der Waals surface area contributed by atoms with Crippen molar-refractivity contribution in [1.82, 2.24) is 29.9 Å². The van der Waals surface area contributed by atoms with E-state index in [1.165, 1.54) is 12.3 Å². The molecule has 3 aromatic heterocycles. The molecule has 4 rings (SSSR count). The fourth-order valence-corrected chi connectivity index (χ4v) is 2.58. The van der Waals surface area contributed by atoms with Crippen LogP contribution >= 0.6 is 0 Å². The fraction of sp³-hybridized carbons (Fsp3) is 0.429. The molecule has 9 nitrogen and oxygen atoms in total. The minimum Gasteiger partial charge on any atom is -0.417 e. The molecule has 0 amide bonds. The standard InChI is InChI=1S/C14H15F2N7O2/c1-14(6-24-7-14)5-23-12-8(3-18-23)17-4-10(20-12)19-9-2-11(22-21-9)25-13(15)16/h2-4,13H,5-7H2,1H3,(H2,19,20,21,22). The largest absolute Gasteiger partial charge is 0.417 e. The Kier molecular flexibility index (Phi) is 3.71. The Morgan fingerprint density at radius 3 is 2.96 bits per heavy atom. The number of hydrogen-bond donors (Lipinski definition) is 2. The molecule has 0 saturated carbocycles. The zero-order chi connectivity index (χ0) is 17.4. The Balaban J connectivity index is 1.54. The first kappa shape index (κ1) is 15.7. The average molecular weight is 351 g/mol. The summed E-state index contributed by atoms with van der Waals surface area (Å²) in [6.07, 6.45) is 3.17. The number of halogens is 2. The maximum absolute atomic E-state index is 12.2. The summed E-state index contributed by atoms with van der Waals surface area (Å²) in [6.45, 7) is 1.23. The highest BCUT2D eigenvalue weighted by molar-refractivity contribution is 5.71. The van der Waals surface area contributed by atoms with Crippen LogP contribution in [0.4, 0.5) is 20.4 Å². The molecule has 0 bridgehead atoms. The van der Waals surface area contributed by atoms with E-state index in [1.807, 2.05) is 0 Å². The third-order valence-electron chi connectivity index (χ3n) is 3.80. The number of H-pyrrole nitrogens is 1. The highest BCUT2D eigenvalue weighted by atomic mass is 19.3. The van der Waals surface area contributed by atoms with E-state index in [0.29, 0.717) is 36.7 Å². The van der Waals surface area contributed by atoms with E-state index >= 15 is 0 Å². The monoisotopic (exact) mass is 351 g/mol. The summed E-state index contributed by atoms with van der Waals surface area (Å²) in [5, 5.41) is 13.4. The third kappa shape index (κ3) is 3.22. The number of aromatic amines is 1. The number of anilines is 2. The first-order chi connectivity index (χ1) is 12.0. The van der Waals surface area contributed by atoms with Crippen molar-refractivity contribution in [1.29, 1.82) is 0 Å². The number of ether oxygens (including phenoxy) is 2. The van der Waals surface area contributed by atoms with Crippen LogP contribution in [-0.4, -0.2) is 49.8 Å². The van der Waals surface area contributed by atoms with Crippen molar-refractivity contribution in [2.45, 2.75) is 20.1 Å². The molecule has 0 aromatic carbocycles. The maximum Gasteiger partial charge on any atom is 0.388 e. The number of alkyl halides is 2. The van der Waals surface area contributed by atoms with Gasteiger partial charge in [-0.3, -0.25) is 0 Å². The lowest BCUT2D eigenvalue weighted by Gasteiger charge is -2.37. The first-order valence-electron chi connectivity index (χ1n) is 7.54. The van der Waals surface area contributed by atoms with E-state index in [1.54, 1.807) is 10.9 Å². The Bertz CT molecular complexity index is 890. The molecule has 11 heteroatoms. The topological polar surface area (TPSA) is 103 Å². The van der Waals surface area contributed by atoms with Crippen molar-refractivity contribution >= 4 is 22.8 Å². The van der Waals surface area contributed by atoms with Gasteiger partial charge >= 0.3 is 6.61 Å². The summed E-state index contributed by atoms with van der Waals surface area (Å²) >= 11 is 0. The van der Waals surface area contributed by atoms with Crippen LogP contribution in [0.2, 0.25) is 0 Å². The fourth-order valence-electron chi connectivity index (χ4n) is 2.58. The van der Waals surface area contributed by atoms with Crippen molar-refractivity contribution < 1.29 is 18.3 Å². The second-order valence-electron chi connectivity index (χ2n) is 6.19. The number of rotatable bonds is 6. The molecule has 25 heavy (non-hydrogen) atoms. The van der Waals surface area contributed by atoms with Crippen LogP contribution in [0.1, 0.15) is 6.92 Å². The van der Waals surface area contributed by atoms with Crippen molar-refractivity contribution in [3.8, 4) is 5.88 Å². The van der Waals surface area contributed by atoms with E-state index in [9.17, 15) is 8.78 Å². The summed E-state index contributed by atoms with van der Waals surface area (Å²) in [6, 6.07) is 1.31. The molecule has 1 aliphatic rings. The molecule has 1 aliphatic heterocycles. The minimum absolute atomic E-state index is 0.0355. The van der Waals surface area contributed by atoms with Crippen LogP contribution in [0, 0.1) is 5.41 Å². The number of nitrogens with one attached hydrogen (secondary N) is 2. The molecule has 1 fully saturated rings. The molecule has 132 valence electrons. The van der Waals surface area contributed by atoms with Crippen LogP contribution in [-0.2, 0) is 11.3 Å². The Hall–Kier alpha value is -2.82. The number of nitrogens with zero attached hydrogens (tertiary/aromatic N) is 5. The normalized spacial score (nSPS) is 16.2. The summed E-state index contributed by atoms with van der Waals surface area (Å²) in [5.74, 6) is 0.559. The van der Waals surface area contributed by atoms with Crippen molar-refractivity contribution in [2.24, 2.45) is 5.41 Å².